The van der Waals surface area contributed by atoms with Gasteiger partial charge in [0.2, 0.25) is 5.89 Å². The molecule has 0 spiro atoms. The lowest BCUT2D eigenvalue weighted by atomic mass is 10.2. The van der Waals surface area contributed by atoms with E-state index in [1.807, 2.05) is 12.1 Å². The molecule has 7 nitrogen and oxygen atoms in total. The van der Waals surface area contributed by atoms with Crippen molar-refractivity contribution in [2.75, 3.05) is 13.7 Å². The minimum Gasteiger partial charge on any atom is -0.493 e. The van der Waals surface area contributed by atoms with Crippen molar-refractivity contribution < 1.29 is 18.5 Å². The smallest absolute Gasteiger partial charge is 0.290 e. The summed E-state index contributed by atoms with van der Waals surface area (Å²) in [7, 11) is 1.58. The van der Waals surface area contributed by atoms with Gasteiger partial charge in [0.15, 0.2) is 22.9 Å². The van der Waals surface area contributed by atoms with Crippen molar-refractivity contribution in [3.63, 3.8) is 0 Å². The van der Waals surface area contributed by atoms with Crippen molar-refractivity contribution in [1.29, 1.82) is 0 Å². The van der Waals surface area contributed by atoms with E-state index in [2.05, 4.69) is 10.1 Å². The zero-order chi connectivity index (χ0) is 16.7. The number of aryl methyl sites for hydroxylation is 1. The molecule has 1 amide bonds. The Hall–Kier alpha value is -2.83. The Bertz CT molecular complexity index is 898. The second kappa shape index (κ2) is 5.67. The summed E-state index contributed by atoms with van der Waals surface area (Å²) >= 11 is 0. The van der Waals surface area contributed by atoms with Crippen molar-refractivity contribution in [2.45, 2.75) is 25.8 Å². The second-order valence-electron chi connectivity index (χ2n) is 5.83. The van der Waals surface area contributed by atoms with Gasteiger partial charge < -0.3 is 18.6 Å². The summed E-state index contributed by atoms with van der Waals surface area (Å²) in [5.74, 6) is 1.77. The molecule has 3 aromatic rings. The number of methoxy groups -OCH3 is 1. The number of furan rings is 1. The Labute approximate surface area is 138 Å². The second-order valence-corrected chi connectivity index (χ2v) is 5.83. The molecule has 1 unspecified atom stereocenters. The van der Waals surface area contributed by atoms with E-state index in [-0.39, 0.29) is 17.7 Å². The average molecular weight is 327 g/mol. The average Bonchev–Trinajstić information content (AvgIpc) is 3.31. The maximum absolute atomic E-state index is 12.9. The summed E-state index contributed by atoms with van der Waals surface area (Å²) in [4.78, 5) is 18.9. The van der Waals surface area contributed by atoms with Crippen LogP contribution in [-0.4, -0.2) is 34.6 Å². The third kappa shape index (κ3) is 2.33. The highest BCUT2D eigenvalue weighted by Gasteiger charge is 2.35. The van der Waals surface area contributed by atoms with Crippen LogP contribution in [0.1, 0.15) is 41.2 Å². The first kappa shape index (κ1) is 14.7. The fraction of sp³-hybridized carbons (Fsp3) is 0.353. The number of amides is 1. The quantitative estimate of drug-likeness (QED) is 0.735. The maximum Gasteiger partial charge on any atom is 0.290 e. The zero-order valence-electron chi connectivity index (χ0n) is 13.5. The SMILES string of the molecule is COc1cccc2cc(C(=O)N3CCCC3c3nc(C)no3)oc12. The Morgan fingerprint density at radius 1 is 1.42 bits per heavy atom. The van der Waals surface area contributed by atoms with Crippen LogP contribution in [0, 0.1) is 6.92 Å². The zero-order valence-corrected chi connectivity index (χ0v) is 13.5. The fourth-order valence-electron chi connectivity index (χ4n) is 3.16. The number of hydrogen-bond acceptors (Lipinski definition) is 6. The summed E-state index contributed by atoms with van der Waals surface area (Å²) in [6.45, 7) is 2.40. The molecule has 4 rings (SSSR count). The third-order valence-electron chi connectivity index (χ3n) is 4.28. The van der Waals surface area contributed by atoms with Gasteiger partial charge in [-0.1, -0.05) is 17.3 Å². The van der Waals surface area contributed by atoms with E-state index in [0.717, 1.165) is 18.2 Å². The van der Waals surface area contributed by atoms with E-state index in [1.54, 1.807) is 31.1 Å². The summed E-state index contributed by atoms with van der Waals surface area (Å²) < 4.78 is 16.3. The number of para-hydroxylation sites is 1. The van der Waals surface area contributed by atoms with Gasteiger partial charge in [0, 0.05) is 11.9 Å². The first-order valence-electron chi connectivity index (χ1n) is 7.85. The lowest BCUT2D eigenvalue weighted by Crippen LogP contribution is -2.30. The lowest BCUT2D eigenvalue weighted by molar-refractivity contribution is 0.0680. The molecule has 0 N–H and O–H groups in total. The number of likely N-dealkylation sites (tertiary alicyclic amines) is 1. The number of nitrogens with zero attached hydrogens (tertiary/aromatic N) is 3. The number of carbonyl (C=O) groups is 1. The number of carbonyl (C=O) groups excluding carboxylic acids is 1. The maximum atomic E-state index is 12.9. The largest absolute Gasteiger partial charge is 0.493 e. The molecule has 2 aromatic heterocycles. The van der Waals surface area contributed by atoms with Gasteiger partial charge in [0.25, 0.3) is 5.91 Å². The Morgan fingerprint density at radius 2 is 2.29 bits per heavy atom. The number of aromatic nitrogens is 2. The van der Waals surface area contributed by atoms with Gasteiger partial charge in [-0.3, -0.25) is 4.79 Å². The molecule has 1 atom stereocenters. The van der Waals surface area contributed by atoms with E-state index in [1.165, 1.54) is 0 Å². The monoisotopic (exact) mass is 327 g/mol. The van der Waals surface area contributed by atoms with Gasteiger partial charge in [-0.2, -0.15) is 4.98 Å². The van der Waals surface area contributed by atoms with Crippen molar-refractivity contribution in [3.8, 4) is 5.75 Å². The van der Waals surface area contributed by atoms with E-state index >= 15 is 0 Å². The third-order valence-corrected chi connectivity index (χ3v) is 4.28. The molecule has 1 saturated heterocycles. The molecule has 0 bridgehead atoms. The summed E-state index contributed by atoms with van der Waals surface area (Å²) in [5, 5.41) is 4.66. The standard InChI is InChI=1S/C17H17N3O4/c1-10-18-16(24-19-10)12-6-4-8-20(12)17(21)14-9-11-5-3-7-13(22-2)15(11)23-14/h3,5,7,9,12H,4,6,8H2,1-2H3. The van der Waals surface area contributed by atoms with Crippen LogP contribution in [0.3, 0.4) is 0 Å². The van der Waals surface area contributed by atoms with Crippen LogP contribution < -0.4 is 4.74 Å². The number of rotatable bonds is 3. The summed E-state index contributed by atoms with van der Waals surface area (Å²) in [6, 6.07) is 7.11. The normalized spacial score (nSPS) is 17.6. The van der Waals surface area contributed by atoms with E-state index in [0.29, 0.717) is 29.6 Å². The van der Waals surface area contributed by atoms with E-state index in [4.69, 9.17) is 13.7 Å². The van der Waals surface area contributed by atoms with Crippen LogP contribution in [0.2, 0.25) is 0 Å². The highest BCUT2D eigenvalue weighted by molar-refractivity contribution is 5.97. The fourth-order valence-corrected chi connectivity index (χ4v) is 3.16. The molecule has 0 radical (unpaired) electrons. The van der Waals surface area contributed by atoms with Gasteiger partial charge >= 0.3 is 0 Å². The molecule has 0 aliphatic carbocycles. The number of ether oxygens (including phenoxy) is 1. The lowest BCUT2D eigenvalue weighted by Gasteiger charge is -2.20. The van der Waals surface area contributed by atoms with Crippen LogP contribution >= 0.6 is 0 Å². The van der Waals surface area contributed by atoms with Crippen LogP contribution in [-0.2, 0) is 0 Å². The van der Waals surface area contributed by atoms with Crippen molar-refractivity contribution >= 4 is 16.9 Å². The minimum atomic E-state index is -0.200. The molecule has 3 heterocycles. The predicted molar refractivity (Wildman–Crippen MR) is 84.8 cm³/mol. The summed E-state index contributed by atoms with van der Waals surface area (Å²) in [5.41, 5.74) is 0.577. The molecule has 0 saturated carbocycles. The van der Waals surface area contributed by atoms with Crippen molar-refractivity contribution in [3.05, 3.63) is 41.7 Å². The number of benzene rings is 1. The molecular formula is C17H17N3O4. The van der Waals surface area contributed by atoms with Gasteiger partial charge in [-0.15, -0.1) is 0 Å². The van der Waals surface area contributed by atoms with Gasteiger partial charge in [-0.05, 0) is 31.9 Å². The van der Waals surface area contributed by atoms with E-state index < -0.39 is 0 Å². The summed E-state index contributed by atoms with van der Waals surface area (Å²) in [6.07, 6.45) is 1.69. The molecular weight excluding hydrogens is 310 g/mol. The minimum absolute atomic E-state index is 0.174. The first-order chi connectivity index (χ1) is 11.7. The Morgan fingerprint density at radius 3 is 3.04 bits per heavy atom. The highest BCUT2D eigenvalue weighted by atomic mass is 16.5. The van der Waals surface area contributed by atoms with Crippen LogP contribution in [0.4, 0.5) is 0 Å². The number of fused-ring (bicyclic) bond motifs is 1. The topological polar surface area (TPSA) is 81.6 Å². The highest BCUT2D eigenvalue weighted by Crippen LogP contribution is 2.34. The predicted octanol–water partition coefficient (Wildman–Crippen LogP) is 3.11. The molecule has 7 heteroatoms. The molecule has 1 aliphatic heterocycles. The Kier molecular flexibility index (Phi) is 3.48. The van der Waals surface area contributed by atoms with Crippen LogP contribution in [0.15, 0.2) is 33.2 Å². The molecule has 24 heavy (non-hydrogen) atoms. The van der Waals surface area contributed by atoms with Crippen molar-refractivity contribution in [2.24, 2.45) is 0 Å². The van der Waals surface area contributed by atoms with Gasteiger partial charge in [-0.25, -0.2) is 0 Å². The molecule has 1 aliphatic rings. The molecule has 1 aromatic carbocycles. The van der Waals surface area contributed by atoms with Gasteiger partial charge in [0.05, 0.1) is 7.11 Å². The number of hydrogen-bond donors (Lipinski definition) is 0. The molecule has 124 valence electrons. The van der Waals surface area contributed by atoms with Gasteiger partial charge in [0.1, 0.15) is 6.04 Å². The Balaban J connectivity index is 1.67. The van der Waals surface area contributed by atoms with E-state index in [9.17, 15) is 4.79 Å². The first-order valence-corrected chi connectivity index (χ1v) is 7.85. The van der Waals surface area contributed by atoms with Crippen LogP contribution in [0.5, 0.6) is 5.75 Å². The molecule has 1 fully saturated rings. The van der Waals surface area contributed by atoms with Crippen LogP contribution in [0.25, 0.3) is 11.0 Å². The van der Waals surface area contributed by atoms with Crippen molar-refractivity contribution in [1.82, 2.24) is 15.0 Å².